The lowest BCUT2D eigenvalue weighted by Gasteiger charge is -2.29. The summed E-state index contributed by atoms with van der Waals surface area (Å²) in [6.07, 6.45) is 7.03. The van der Waals surface area contributed by atoms with E-state index in [1.165, 1.54) is 51.7 Å². The minimum atomic E-state index is 0.847. The van der Waals surface area contributed by atoms with Gasteiger partial charge >= 0.3 is 0 Å². The summed E-state index contributed by atoms with van der Waals surface area (Å²) in [7, 11) is 0. The van der Waals surface area contributed by atoms with Crippen molar-refractivity contribution in [2.24, 2.45) is 0 Å². The molecule has 1 aliphatic heterocycles. The summed E-state index contributed by atoms with van der Waals surface area (Å²) in [5.74, 6) is 0.847. The Balaban J connectivity index is 1.70. The lowest BCUT2D eigenvalue weighted by Crippen LogP contribution is -2.33. The highest BCUT2D eigenvalue weighted by molar-refractivity contribution is 7.10. The predicted octanol–water partition coefficient (Wildman–Crippen LogP) is 3.57. The summed E-state index contributed by atoms with van der Waals surface area (Å²) in [6.45, 7) is 6.30. The van der Waals surface area contributed by atoms with Gasteiger partial charge in [0.25, 0.3) is 0 Å². The molecule has 2 aliphatic rings. The van der Waals surface area contributed by atoms with E-state index >= 15 is 0 Å². The van der Waals surface area contributed by atoms with Gasteiger partial charge in [0.2, 0.25) is 0 Å². The van der Waals surface area contributed by atoms with Crippen LogP contribution in [0.5, 0.6) is 0 Å². The minimum absolute atomic E-state index is 0.847. The van der Waals surface area contributed by atoms with Crippen molar-refractivity contribution in [3.05, 3.63) is 21.4 Å². The van der Waals surface area contributed by atoms with Crippen molar-refractivity contribution in [1.29, 1.82) is 0 Å². The maximum absolute atomic E-state index is 2.69. The second-order valence-corrected chi connectivity index (χ2v) is 6.32. The first-order valence-electron chi connectivity index (χ1n) is 6.64. The molecular weight excluding hydrogens is 214 g/mol. The fourth-order valence-electron chi connectivity index (χ4n) is 3.34. The molecule has 0 amide bonds. The molecule has 88 valence electrons. The zero-order valence-corrected chi connectivity index (χ0v) is 11.0. The molecule has 0 saturated carbocycles. The van der Waals surface area contributed by atoms with Crippen molar-refractivity contribution >= 4 is 11.3 Å². The quantitative estimate of drug-likeness (QED) is 0.757. The van der Waals surface area contributed by atoms with Crippen LogP contribution in [0.15, 0.2) is 5.38 Å². The molecule has 1 nitrogen and oxygen atoms in total. The number of likely N-dealkylation sites (tertiary alicyclic amines) is 1. The highest BCUT2D eigenvalue weighted by atomic mass is 32.1. The van der Waals surface area contributed by atoms with Gasteiger partial charge < -0.3 is 4.90 Å². The topological polar surface area (TPSA) is 3.24 Å². The molecule has 2 heteroatoms. The third kappa shape index (κ3) is 1.93. The standard InChI is InChI=1S/C14H21NS/c1-11-10-16-13-6-5-12(14(11)13)9-15-7-3-2-4-8-15/h10,12H,2-9H2,1H3. The Labute approximate surface area is 102 Å². The zero-order chi connectivity index (χ0) is 11.0. The Hall–Kier alpha value is -0.340. The predicted molar refractivity (Wildman–Crippen MR) is 70.4 cm³/mol. The van der Waals surface area contributed by atoms with Crippen LogP contribution >= 0.6 is 11.3 Å². The second kappa shape index (κ2) is 4.50. The molecule has 1 aromatic rings. The number of hydrogen-bond acceptors (Lipinski definition) is 2. The monoisotopic (exact) mass is 235 g/mol. The van der Waals surface area contributed by atoms with Crippen molar-refractivity contribution in [3.63, 3.8) is 0 Å². The highest BCUT2D eigenvalue weighted by Gasteiger charge is 2.27. The van der Waals surface area contributed by atoms with E-state index in [1.807, 2.05) is 11.3 Å². The van der Waals surface area contributed by atoms with E-state index in [0.29, 0.717) is 0 Å². The maximum atomic E-state index is 2.69. The molecule has 1 aliphatic carbocycles. The van der Waals surface area contributed by atoms with E-state index in [2.05, 4.69) is 17.2 Å². The van der Waals surface area contributed by atoms with Crippen LogP contribution in [0.4, 0.5) is 0 Å². The molecule has 0 bridgehead atoms. The minimum Gasteiger partial charge on any atom is -0.303 e. The fourth-order valence-corrected chi connectivity index (χ4v) is 4.47. The van der Waals surface area contributed by atoms with Crippen LogP contribution in [0.25, 0.3) is 0 Å². The van der Waals surface area contributed by atoms with Gasteiger partial charge in [0.15, 0.2) is 0 Å². The molecule has 0 spiro atoms. The van der Waals surface area contributed by atoms with Crippen molar-refractivity contribution in [2.75, 3.05) is 19.6 Å². The number of nitrogens with zero attached hydrogens (tertiary/aromatic N) is 1. The van der Waals surface area contributed by atoms with Crippen LogP contribution in [-0.2, 0) is 6.42 Å². The third-order valence-corrected chi connectivity index (χ3v) is 5.34. The molecule has 3 rings (SSSR count). The summed E-state index contributed by atoms with van der Waals surface area (Å²) in [5.41, 5.74) is 3.27. The van der Waals surface area contributed by atoms with Gasteiger partial charge in [-0.25, -0.2) is 0 Å². The van der Waals surface area contributed by atoms with Gasteiger partial charge in [-0.2, -0.15) is 0 Å². The SMILES string of the molecule is Cc1csc2c1C(CN1CCCCC1)CC2. The average Bonchev–Trinajstić information content (AvgIpc) is 2.86. The summed E-state index contributed by atoms with van der Waals surface area (Å²) < 4.78 is 0. The van der Waals surface area contributed by atoms with Gasteiger partial charge in [-0.15, -0.1) is 11.3 Å². The van der Waals surface area contributed by atoms with Gasteiger partial charge in [0.05, 0.1) is 0 Å². The van der Waals surface area contributed by atoms with E-state index in [0.717, 1.165) is 5.92 Å². The van der Waals surface area contributed by atoms with Crippen molar-refractivity contribution in [3.8, 4) is 0 Å². The van der Waals surface area contributed by atoms with Gasteiger partial charge in [0, 0.05) is 11.4 Å². The van der Waals surface area contributed by atoms with Crippen LogP contribution in [0.3, 0.4) is 0 Å². The largest absolute Gasteiger partial charge is 0.303 e. The molecule has 1 unspecified atom stereocenters. The van der Waals surface area contributed by atoms with Crippen molar-refractivity contribution < 1.29 is 0 Å². The Morgan fingerprint density at radius 1 is 1.31 bits per heavy atom. The van der Waals surface area contributed by atoms with Crippen molar-refractivity contribution in [1.82, 2.24) is 4.90 Å². The first kappa shape index (κ1) is 10.8. The molecule has 1 aromatic heterocycles. The maximum Gasteiger partial charge on any atom is 0.00835 e. The first-order chi connectivity index (χ1) is 7.84. The number of aryl methyl sites for hydroxylation is 2. The molecular formula is C14H21NS. The van der Waals surface area contributed by atoms with Crippen LogP contribution < -0.4 is 0 Å². The third-order valence-electron chi connectivity index (χ3n) is 4.16. The van der Waals surface area contributed by atoms with Gasteiger partial charge in [-0.3, -0.25) is 0 Å². The molecule has 0 radical (unpaired) electrons. The molecule has 1 atom stereocenters. The van der Waals surface area contributed by atoms with Crippen LogP contribution in [0.2, 0.25) is 0 Å². The number of thiophene rings is 1. The van der Waals surface area contributed by atoms with Crippen LogP contribution in [-0.4, -0.2) is 24.5 Å². The molecule has 0 aromatic carbocycles. The van der Waals surface area contributed by atoms with E-state index < -0.39 is 0 Å². The van der Waals surface area contributed by atoms with Crippen LogP contribution in [0, 0.1) is 6.92 Å². The summed E-state index contributed by atoms with van der Waals surface area (Å²) in [6, 6.07) is 0. The van der Waals surface area contributed by atoms with Crippen LogP contribution in [0.1, 0.15) is 47.6 Å². The summed E-state index contributed by atoms with van der Waals surface area (Å²) >= 11 is 1.99. The highest BCUT2D eigenvalue weighted by Crippen LogP contribution is 2.40. The number of piperidine rings is 1. The second-order valence-electron chi connectivity index (χ2n) is 5.35. The summed E-state index contributed by atoms with van der Waals surface area (Å²) in [5, 5.41) is 2.35. The van der Waals surface area contributed by atoms with E-state index in [9.17, 15) is 0 Å². The lowest BCUT2D eigenvalue weighted by molar-refractivity contribution is 0.215. The fraction of sp³-hybridized carbons (Fsp3) is 0.714. The van der Waals surface area contributed by atoms with E-state index in [1.54, 1.807) is 16.0 Å². The molecule has 1 fully saturated rings. The van der Waals surface area contributed by atoms with Gasteiger partial charge in [-0.05, 0) is 68.1 Å². The Bertz CT molecular complexity index is 363. The van der Waals surface area contributed by atoms with E-state index in [4.69, 9.17) is 0 Å². The lowest BCUT2D eigenvalue weighted by atomic mass is 9.98. The normalized spacial score (nSPS) is 25.9. The Kier molecular flexibility index (Phi) is 3.03. The smallest absolute Gasteiger partial charge is 0.00835 e. The van der Waals surface area contributed by atoms with Crippen molar-refractivity contribution in [2.45, 2.75) is 44.9 Å². The molecule has 16 heavy (non-hydrogen) atoms. The average molecular weight is 235 g/mol. The molecule has 2 heterocycles. The molecule has 1 saturated heterocycles. The first-order valence-corrected chi connectivity index (χ1v) is 7.52. The zero-order valence-electron chi connectivity index (χ0n) is 10.2. The number of fused-ring (bicyclic) bond motifs is 1. The number of hydrogen-bond donors (Lipinski definition) is 0. The van der Waals surface area contributed by atoms with Gasteiger partial charge in [-0.1, -0.05) is 6.42 Å². The van der Waals surface area contributed by atoms with E-state index in [-0.39, 0.29) is 0 Å². The Morgan fingerprint density at radius 3 is 2.94 bits per heavy atom. The molecule has 0 N–H and O–H groups in total. The van der Waals surface area contributed by atoms with Gasteiger partial charge in [0.1, 0.15) is 0 Å². The number of rotatable bonds is 2. The Morgan fingerprint density at radius 2 is 2.12 bits per heavy atom. The summed E-state index contributed by atoms with van der Waals surface area (Å²) in [4.78, 5) is 4.37.